The average molecular weight is 302 g/mol. The molecular formula is C20H18N2O. The van der Waals surface area contributed by atoms with Gasteiger partial charge < -0.3 is 4.90 Å². The molecule has 0 radical (unpaired) electrons. The molecule has 1 aliphatic carbocycles. The third-order valence-corrected chi connectivity index (χ3v) is 4.30. The van der Waals surface area contributed by atoms with Crippen molar-refractivity contribution in [2.75, 3.05) is 0 Å². The fourth-order valence-corrected chi connectivity index (χ4v) is 2.91. The van der Waals surface area contributed by atoms with Gasteiger partial charge in [-0.15, -0.1) is 0 Å². The zero-order valence-electron chi connectivity index (χ0n) is 12.9. The second kappa shape index (κ2) is 5.84. The van der Waals surface area contributed by atoms with Crippen LogP contribution in [0.25, 0.3) is 10.8 Å². The van der Waals surface area contributed by atoms with E-state index in [1.807, 2.05) is 59.5 Å². The molecule has 0 spiro atoms. The highest BCUT2D eigenvalue weighted by atomic mass is 16.2. The molecule has 1 aromatic heterocycles. The zero-order chi connectivity index (χ0) is 15.6. The fourth-order valence-electron chi connectivity index (χ4n) is 2.91. The predicted octanol–water partition coefficient (Wildman–Crippen LogP) is 4.04. The Morgan fingerprint density at radius 2 is 1.78 bits per heavy atom. The molecule has 114 valence electrons. The van der Waals surface area contributed by atoms with E-state index in [9.17, 15) is 4.79 Å². The SMILES string of the molecule is O=C(c1ccc2ccccc2c1)N(Cc1ccccn1)C1CC1. The lowest BCUT2D eigenvalue weighted by molar-refractivity contribution is 0.0728. The van der Waals surface area contributed by atoms with Crippen molar-refractivity contribution in [1.82, 2.24) is 9.88 Å². The summed E-state index contributed by atoms with van der Waals surface area (Å²) in [5, 5.41) is 2.26. The van der Waals surface area contributed by atoms with E-state index in [4.69, 9.17) is 0 Å². The van der Waals surface area contributed by atoms with E-state index in [0.29, 0.717) is 12.6 Å². The molecule has 0 aliphatic heterocycles. The van der Waals surface area contributed by atoms with E-state index in [1.54, 1.807) is 6.20 Å². The minimum absolute atomic E-state index is 0.101. The number of amides is 1. The third kappa shape index (κ3) is 2.95. The first-order valence-corrected chi connectivity index (χ1v) is 8.01. The van der Waals surface area contributed by atoms with Crippen LogP contribution in [0.4, 0.5) is 0 Å². The second-order valence-corrected chi connectivity index (χ2v) is 6.05. The van der Waals surface area contributed by atoms with Gasteiger partial charge in [0.1, 0.15) is 0 Å². The summed E-state index contributed by atoms with van der Waals surface area (Å²) in [5.41, 5.74) is 1.69. The highest BCUT2D eigenvalue weighted by molar-refractivity contribution is 5.98. The van der Waals surface area contributed by atoms with Crippen molar-refractivity contribution in [3.05, 3.63) is 78.1 Å². The Labute approximate surface area is 135 Å². The maximum absolute atomic E-state index is 13.0. The van der Waals surface area contributed by atoms with E-state index in [2.05, 4.69) is 11.1 Å². The first-order chi connectivity index (χ1) is 11.3. The number of fused-ring (bicyclic) bond motifs is 1. The number of rotatable bonds is 4. The number of pyridine rings is 1. The molecule has 23 heavy (non-hydrogen) atoms. The van der Waals surface area contributed by atoms with Gasteiger partial charge in [0.25, 0.3) is 5.91 Å². The summed E-state index contributed by atoms with van der Waals surface area (Å²) < 4.78 is 0. The van der Waals surface area contributed by atoms with Gasteiger partial charge in [0.05, 0.1) is 12.2 Å². The molecule has 3 nitrogen and oxygen atoms in total. The molecule has 0 saturated heterocycles. The van der Waals surface area contributed by atoms with Crippen LogP contribution in [0, 0.1) is 0 Å². The average Bonchev–Trinajstić information content (AvgIpc) is 3.44. The lowest BCUT2D eigenvalue weighted by Gasteiger charge is -2.22. The Kier molecular flexibility index (Phi) is 3.54. The van der Waals surface area contributed by atoms with Crippen LogP contribution in [0.1, 0.15) is 28.9 Å². The third-order valence-electron chi connectivity index (χ3n) is 4.30. The van der Waals surface area contributed by atoms with Crippen molar-refractivity contribution in [2.24, 2.45) is 0 Å². The number of aromatic nitrogens is 1. The molecule has 1 aliphatic rings. The molecule has 0 atom stereocenters. The van der Waals surface area contributed by atoms with Gasteiger partial charge in [-0.2, -0.15) is 0 Å². The van der Waals surface area contributed by atoms with Gasteiger partial charge in [-0.3, -0.25) is 9.78 Å². The molecular weight excluding hydrogens is 284 g/mol. The normalized spacial score (nSPS) is 13.9. The Hall–Kier alpha value is -2.68. The Bertz CT molecular complexity index is 840. The number of carbonyl (C=O) groups is 1. The highest BCUT2D eigenvalue weighted by Gasteiger charge is 2.33. The van der Waals surface area contributed by atoms with Crippen molar-refractivity contribution in [2.45, 2.75) is 25.4 Å². The number of hydrogen-bond donors (Lipinski definition) is 0. The van der Waals surface area contributed by atoms with Gasteiger partial charge in [0.2, 0.25) is 0 Å². The van der Waals surface area contributed by atoms with E-state index in [-0.39, 0.29) is 5.91 Å². The lowest BCUT2D eigenvalue weighted by atomic mass is 10.1. The van der Waals surface area contributed by atoms with Gasteiger partial charge in [-0.05, 0) is 47.9 Å². The largest absolute Gasteiger partial charge is 0.330 e. The standard InChI is InChI=1S/C20H18N2O/c23-20(17-9-8-15-5-1-2-6-16(15)13-17)22(19-10-11-19)14-18-7-3-4-12-21-18/h1-9,12-13,19H,10-11,14H2. The Morgan fingerprint density at radius 3 is 2.52 bits per heavy atom. The quantitative estimate of drug-likeness (QED) is 0.728. The molecule has 1 saturated carbocycles. The molecule has 0 unspecified atom stereocenters. The van der Waals surface area contributed by atoms with Crippen molar-refractivity contribution < 1.29 is 4.79 Å². The smallest absolute Gasteiger partial charge is 0.254 e. The van der Waals surface area contributed by atoms with Crippen molar-refractivity contribution in [3.63, 3.8) is 0 Å². The summed E-state index contributed by atoms with van der Waals surface area (Å²) in [4.78, 5) is 19.3. The molecule has 1 amide bonds. The first kappa shape index (κ1) is 13.9. The molecule has 4 rings (SSSR count). The monoisotopic (exact) mass is 302 g/mol. The van der Waals surface area contributed by atoms with Crippen LogP contribution < -0.4 is 0 Å². The van der Waals surface area contributed by atoms with Crippen LogP contribution in [0.5, 0.6) is 0 Å². The van der Waals surface area contributed by atoms with Crippen molar-refractivity contribution in [3.8, 4) is 0 Å². The topological polar surface area (TPSA) is 33.2 Å². The van der Waals surface area contributed by atoms with Crippen LogP contribution in [-0.4, -0.2) is 21.8 Å². The molecule has 3 heteroatoms. The van der Waals surface area contributed by atoms with E-state index >= 15 is 0 Å². The fraction of sp³-hybridized carbons (Fsp3) is 0.200. The van der Waals surface area contributed by atoms with Crippen LogP contribution in [0.3, 0.4) is 0 Å². The molecule has 3 aromatic rings. The van der Waals surface area contributed by atoms with Gasteiger partial charge in [-0.25, -0.2) is 0 Å². The van der Waals surface area contributed by atoms with E-state index in [0.717, 1.165) is 34.9 Å². The highest BCUT2D eigenvalue weighted by Crippen LogP contribution is 2.30. The summed E-state index contributed by atoms with van der Waals surface area (Å²) >= 11 is 0. The lowest BCUT2D eigenvalue weighted by Crippen LogP contribution is -2.32. The number of carbonyl (C=O) groups excluding carboxylic acids is 1. The van der Waals surface area contributed by atoms with E-state index < -0.39 is 0 Å². The maximum Gasteiger partial charge on any atom is 0.254 e. The van der Waals surface area contributed by atoms with Crippen LogP contribution in [0.2, 0.25) is 0 Å². The van der Waals surface area contributed by atoms with Gasteiger partial charge in [-0.1, -0.05) is 36.4 Å². The van der Waals surface area contributed by atoms with Crippen molar-refractivity contribution >= 4 is 16.7 Å². The Morgan fingerprint density at radius 1 is 1.00 bits per heavy atom. The molecule has 0 N–H and O–H groups in total. The first-order valence-electron chi connectivity index (χ1n) is 8.01. The molecule has 0 bridgehead atoms. The van der Waals surface area contributed by atoms with Gasteiger partial charge in [0.15, 0.2) is 0 Å². The summed E-state index contributed by atoms with van der Waals surface area (Å²) in [6.45, 7) is 0.581. The minimum atomic E-state index is 0.101. The van der Waals surface area contributed by atoms with Gasteiger partial charge in [0, 0.05) is 17.8 Å². The number of hydrogen-bond acceptors (Lipinski definition) is 2. The van der Waals surface area contributed by atoms with Crippen LogP contribution in [0.15, 0.2) is 66.9 Å². The maximum atomic E-state index is 13.0. The molecule has 2 aromatic carbocycles. The summed E-state index contributed by atoms with van der Waals surface area (Å²) in [5.74, 6) is 0.101. The van der Waals surface area contributed by atoms with Crippen molar-refractivity contribution in [1.29, 1.82) is 0 Å². The minimum Gasteiger partial charge on any atom is -0.330 e. The number of nitrogens with zero attached hydrogens (tertiary/aromatic N) is 2. The van der Waals surface area contributed by atoms with E-state index in [1.165, 1.54) is 0 Å². The molecule has 1 heterocycles. The molecule has 1 fully saturated rings. The van der Waals surface area contributed by atoms with Crippen LogP contribution in [-0.2, 0) is 6.54 Å². The summed E-state index contributed by atoms with van der Waals surface area (Å²) in [6.07, 6.45) is 3.96. The second-order valence-electron chi connectivity index (χ2n) is 6.05. The van der Waals surface area contributed by atoms with Gasteiger partial charge >= 0.3 is 0 Å². The Balaban J connectivity index is 1.63. The predicted molar refractivity (Wildman–Crippen MR) is 91.1 cm³/mol. The van der Waals surface area contributed by atoms with Crippen LogP contribution >= 0.6 is 0 Å². The number of benzene rings is 2. The summed E-state index contributed by atoms with van der Waals surface area (Å²) in [7, 11) is 0. The zero-order valence-corrected chi connectivity index (χ0v) is 12.9. The summed E-state index contributed by atoms with van der Waals surface area (Å²) in [6, 6.07) is 20.3.